The maximum absolute atomic E-state index is 12.8. The number of hydrogen-bond acceptors (Lipinski definition) is 12. The second-order valence-corrected chi connectivity index (χ2v) is 14.0. The van der Waals surface area contributed by atoms with E-state index in [1.54, 1.807) is 0 Å². The average molecular weight is 753 g/mol. The van der Waals surface area contributed by atoms with Crippen molar-refractivity contribution in [2.45, 2.75) is 180 Å². The van der Waals surface area contributed by atoms with Crippen molar-refractivity contribution < 1.29 is 57.3 Å². The van der Waals surface area contributed by atoms with Crippen LogP contribution in [0.4, 0.5) is 0 Å². The van der Waals surface area contributed by atoms with Crippen molar-refractivity contribution in [2.24, 2.45) is 5.41 Å². The molecule has 0 aromatic carbocycles. The summed E-state index contributed by atoms with van der Waals surface area (Å²) in [7, 11) is 0. The number of ether oxygens (including phenoxy) is 4. The van der Waals surface area contributed by atoms with E-state index >= 15 is 0 Å². The second kappa shape index (κ2) is 36.9. The molecule has 0 N–H and O–H groups in total. The van der Waals surface area contributed by atoms with Gasteiger partial charge in [0.15, 0.2) is 0 Å². The van der Waals surface area contributed by atoms with E-state index in [1.807, 2.05) is 0 Å². The van der Waals surface area contributed by atoms with Gasteiger partial charge in [0, 0.05) is 51.4 Å². The number of carbonyl (C=O) groups is 8. The molecule has 12 heteroatoms. The zero-order valence-electron chi connectivity index (χ0n) is 32.3. The first-order valence-corrected chi connectivity index (χ1v) is 20.2. The highest BCUT2D eigenvalue weighted by Gasteiger charge is 2.38. The van der Waals surface area contributed by atoms with Crippen molar-refractivity contribution in [2.75, 3.05) is 26.4 Å². The molecule has 0 atom stereocenters. The smallest absolute Gasteiger partial charge is 0.305 e. The average Bonchev–Trinajstić information content (AvgIpc) is 3.15. The molecule has 0 fully saturated rings. The van der Waals surface area contributed by atoms with E-state index < -0.39 is 29.3 Å². The lowest BCUT2D eigenvalue weighted by Gasteiger charge is -2.31. The molecular weight excluding hydrogens is 684 g/mol. The first-order valence-electron chi connectivity index (χ1n) is 20.2. The molecule has 0 aliphatic rings. The van der Waals surface area contributed by atoms with Gasteiger partial charge in [0.2, 0.25) is 0 Å². The summed E-state index contributed by atoms with van der Waals surface area (Å²) < 4.78 is 22.6. The first kappa shape index (κ1) is 49.6. The SMILES string of the molecule is O=CCCCCCCCC(=O)OCC(COC(=O)CCCCCCCC=O)(COC(=O)CCCCCCCC=O)COC(=O)CCCCCCCC=O. The van der Waals surface area contributed by atoms with Crippen LogP contribution in [0.25, 0.3) is 0 Å². The van der Waals surface area contributed by atoms with E-state index in [4.69, 9.17) is 18.9 Å². The molecular formula is C41H68O12. The standard InChI is InChI=1S/C41H68O12/c42-29-21-13-5-1-9-17-25-37(46)50-33-41(34-51-38(47)26-18-10-2-6-14-22-30-43,35-52-39(48)27-19-11-3-7-15-23-31-44)36-53-40(49)28-20-12-4-8-16-24-32-45/h29-32H,1-28,33-36H2. The summed E-state index contributed by atoms with van der Waals surface area (Å²) in [5.74, 6) is -1.87. The van der Waals surface area contributed by atoms with Gasteiger partial charge in [-0.05, 0) is 51.4 Å². The third-order valence-electron chi connectivity index (χ3n) is 8.97. The van der Waals surface area contributed by atoms with E-state index in [9.17, 15) is 38.4 Å². The zero-order valence-corrected chi connectivity index (χ0v) is 32.3. The highest BCUT2D eigenvalue weighted by molar-refractivity contribution is 5.71. The van der Waals surface area contributed by atoms with Crippen molar-refractivity contribution in [3.63, 3.8) is 0 Å². The summed E-state index contributed by atoms with van der Waals surface area (Å²) in [5, 5.41) is 0. The number of hydrogen-bond donors (Lipinski definition) is 0. The Morgan fingerprint density at radius 3 is 0.698 bits per heavy atom. The molecule has 0 rings (SSSR count). The molecule has 0 bridgehead atoms. The molecule has 0 saturated heterocycles. The van der Waals surface area contributed by atoms with Gasteiger partial charge in [-0.1, -0.05) is 77.0 Å². The molecule has 0 radical (unpaired) electrons. The Balaban J connectivity index is 5.49. The van der Waals surface area contributed by atoms with Crippen LogP contribution in [-0.4, -0.2) is 75.4 Å². The summed E-state index contributed by atoms with van der Waals surface area (Å²) in [6, 6.07) is 0. The van der Waals surface area contributed by atoms with Crippen LogP contribution in [0.5, 0.6) is 0 Å². The van der Waals surface area contributed by atoms with E-state index in [1.165, 1.54) is 0 Å². The molecule has 0 aliphatic carbocycles. The third-order valence-corrected chi connectivity index (χ3v) is 8.97. The van der Waals surface area contributed by atoms with Crippen LogP contribution in [0.15, 0.2) is 0 Å². The van der Waals surface area contributed by atoms with Crippen LogP contribution in [0.2, 0.25) is 0 Å². The predicted molar refractivity (Wildman–Crippen MR) is 200 cm³/mol. The van der Waals surface area contributed by atoms with E-state index in [2.05, 4.69) is 0 Å². The maximum Gasteiger partial charge on any atom is 0.305 e. The number of carbonyl (C=O) groups excluding carboxylic acids is 8. The molecule has 0 spiro atoms. The fraction of sp³-hybridized carbons (Fsp3) is 0.805. The van der Waals surface area contributed by atoms with Gasteiger partial charge in [0.25, 0.3) is 0 Å². The van der Waals surface area contributed by atoms with Crippen molar-refractivity contribution in [1.82, 2.24) is 0 Å². The highest BCUT2D eigenvalue weighted by Crippen LogP contribution is 2.24. The summed E-state index contributed by atoms with van der Waals surface area (Å²) in [6.07, 6.45) is 22.4. The van der Waals surface area contributed by atoms with Gasteiger partial charge >= 0.3 is 23.9 Å². The summed E-state index contributed by atoms with van der Waals surface area (Å²) in [4.78, 5) is 93.2. The van der Waals surface area contributed by atoms with Gasteiger partial charge in [0.1, 0.15) is 57.0 Å². The van der Waals surface area contributed by atoms with Crippen LogP contribution in [0.1, 0.15) is 180 Å². The minimum atomic E-state index is -1.32. The van der Waals surface area contributed by atoms with Crippen molar-refractivity contribution >= 4 is 49.0 Å². The van der Waals surface area contributed by atoms with Gasteiger partial charge in [-0.2, -0.15) is 0 Å². The van der Waals surface area contributed by atoms with Crippen LogP contribution in [-0.2, 0) is 57.3 Å². The van der Waals surface area contributed by atoms with Crippen LogP contribution in [0.3, 0.4) is 0 Å². The monoisotopic (exact) mass is 752 g/mol. The van der Waals surface area contributed by atoms with E-state index in [0.29, 0.717) is 51.4 Å². The van der Waals surface area contributed by atoms with Gasteiger partial charge in [-0.15, -0.1) is 0 Å². The lowest BCUT2D eigenvalue weighted by Crippen LogP contribution is -2.44. The number of rotatable bonds is 40. The molecule has 0 aliphatic heterocycles. The molecule has 0 unspecified atom stereocenters. The number of aldehydes is 4. The van der Waals surface area contributed by atoms with Crippen molar-refractivity contribution in [3.8, 4) is 0 Å². The largest absolute Gasteiger partial charge is 0.465 e. The normalized spacial score (nSPS) is 11.0. The Hall–Kier alpha value is -3.44. The topological polar surface area (TPSA) is 173 Å². The summed E-state index contributed by atoms with van der Waals surface area (Å²) in [5.41, 5.74) is -1.32. The fourth-order valence-electron chi connectivity index (χ4n) is 5.58. The number of unbranched alkanes of at least 4 members (excludes halogenated alkanes) is 20. The Morgan fingerprint density at radius 1 is 0.302 bits per heavy atom. The molecule has 0 saturated carbocycles. The first-order chi connectivity index (χ1) is 25.8. The van der Waals surface area contributed by atoms with E-state index in [0.717, 1.165) is 128 Å². The number of esters is 4. The fourth-order valence-corrected chi connectivity index (χ4v) is 5.58. The Labute approximate surface area is 317 Å². The quantitative estimate of drug-likeness (QED) is 0.0257. The summed E-state index contributed by atoms with van der Waals surface area (Å²) in [6.45, 7) is -1.15. The molecule has 0 amide bonds. The molecule has 53 heavy (non-hydrogen) atoms. The second-order valence-electron chi connectivity index (χ2n) is 14.0. The minimum absolute atomic E-state index is 0.162. The molecule has 0 heterocycles. The Kier molecular flexibility index (Phi) is 34.5. The van der Waals surface area contributed by atoms with E-state index in [-0.39, 0.29) is 52.1 Å². The van der Waals surface area contributed by atoms with Gasteiger partial charge in [-0.3, -0.25) is 19.2 Å². The molecule has 0 aromatic rings. The highest BCUT2D eigenvalue weighted by atomic mass is 16.6. The van der Waals surface area contributed by atoms with Crippen LogP contribution >= 0.6 is 0 Å². The third kappa shape index (κ3) is 32.9. The van der Waals surface area contributed by atoms with Crippen molar-refractivity contribution in [1.29, 1.82) is 0 Å². The zero-order chi connectivity index (χ0) is 39.1. The van der Waals surface area contributed by atoms with Crippen molar-refractivity contribution in [3.05, 3.63) is 0 Å². The Bertz CT molecular complexity index is 838. The van der Waals surface area contributed by atoms with Gasteiger partial charge in [-0.25, -0.2) is 0 Å². The molecule has 304 valence electrons. The molecule has 12 nitrogen and oxygen atoms in total. The van der Waals surface area contributed by atoms with Crippen LogP contribution < -0.4 is 0 Å². The van der Waals surface area contributed by atoms with Crippen LogP contribution in [0, 0.1) is 5.41 Å². The summed E-state index contributed by atoms with van der Waals surface area (Å²) >= 11 is 0. The lowest BCUT2D eigenvalue weighted by atomic mass is 9.92. The predicted octanol–water partition coefficient (Wildman–Crippen LogP) is 7.86. The molecule has 0 aromatic heterocycles. The minimum Gasteiger partial charge on any atom is -0.465 e. The lowest BCUT2D eigenvalue weighted by molar-refractivity contribution is -0.171. The van der Waals surface area contributed by atoms with Gasteiger partial charge < -0.3 is 38.1 Å². The Morgan fingerprint density at radius 2 is 0.491 bits per heavy atom. The maximum atomic E-state index is 12.8. The van der Waals surface area contributed by atoms with Gasteiger partial charge in [0.05, 0.1) is 0 Å².